The molecule has 4 aliphatic rings. The van der Waals surface area contributed by atoms with Gasteiger partial charge in [0.25, 0.3) is 0 Å². The van der Waals surface area contributed by atoms with Gasteiger partial charge in [-0.2, -0.15) is 0 Å². The fourth-order valence-electron chi connectivity index (χ4n) is 5.66. The van der Waals surface area contributed by atoms with Crippen LogP contribution >= 0.6 is 0 Å². The maximum Gasteiger partial charge on any atom is 0.187 e. The second kappa shape index (κ2) is 14.1. The summed E-state index contributed by atoms with van der Waals surface area (Å²) < 4.78 is 32.8. The molecule has 0 amide bonds. The molecule has 1 saturated carbocycles. The highest BCUT2D eigenvalue weighted by Gasteiger charge is 2.52. The number of rotatable bonds is 8. The summed E-state index contributed by atoms with van der Waals surface area (Å²) in [5.74, 6) is 0. The first-order chi connectivity index (χ1) is 19.8. The van der Waals surface area contributed by atoms with E-state index in [0.29, 0.717) is 0 Å². The van der Waals surface area contributed by atoms with Gasteiger partial charge in [-0.25, -0.2) is 0 Å². The zero-order valence-corrected chi connectivity index (χ0v) is 22.6. The first kappa shape index (κ1) is 34.2. The molecule has 1 aliphatic carbocycles. The zero-order valence-electron chi connectivity index (χ0n) is 22.6. The largest absolute Gasteiger partial charge is 0.394 e. The average molecular weight is 619 g/mol. The number of hydrogen-bond donors (Lipinski definition) is 12. The van der Waals surface area contributed by atoms with E-state index in [2.05, 4.69) is 0 Å². The van der Waals surface area contributed by atoms with Gasteiger partial charge in [-0.05, 0) is 19.8 Å². The fourth-order valence-corrected chi connectivity index (χ4v) is 5.66. The Kier molecular flexibility index (Phi) is 11.5. The van der Waals surface area contributed by atoms with Crippen LogP contribution in [0.2, 0.25) is 0 Å². The molecule has 0 aromatic carbocycles. The second-order valence-corrected chi connectivity index (χ2v) is 11.1. The summed E-state index contributed by atoms with van der Waals surface area (Å²) in [6.45, 7) is -0.0428. The molecule has 18 nitrogen and oxygen atoms in total. The molecular weight excluding hydrogens is 576 g/mol. The highest BCUT2D eigenvalue weighted by molar-refractivity contribution is 4.97. The van der Waals surface area contributed by atoms with Crippen molar-refractivity contribution in [1.29, 1.82) is 0 Å². The molecule has 4 rings (SSSR count). The minimum Gasteiger partial charge on any atom is -0.394 e. The predicted molar refractivity (Wildman–Crippen MR) is 130 cm³/mol. The van der Waals surface area contributed by atoms with Gasteiger partial charge in [0.1, 0.15) is 79.4 Å². The lowest BCUT2D eigenvalue weighted by Crippen LogP contribution is -2.65. The van der Waals surface area contributed by atoms with Gasteiger partial charge in [0.2, 0.25) is 0 Å². The quantitative estimate of drug-likeness (QED) is 0.120. The van der Waals surface area contributed by atoms with Crippen molar-refractivity contribution in [3.8, 4) is 0 Å². The molecule has 19 atom stereocenters. The van der Waals surface area contributed by atoms with E-state index in [1.165, 1.54) is 6.92 Å². The predicted octanol–water partition coefficient (Wildman–Crippen LogP) is -7.28. The van der Waals surface area contributed by atoms with Crippen LogP contribution in [0.25, 0.3) is 0 Å². The average Bonchev–Trinajstić information content (AvgIpc) is 2.97. The molecular formula is C24H42O18. The normalized spacial score (nSPS) is 54.1. The Morgan fingerprint density at radius 3 is 1.60 bits per heavy atom. The topological polar surface area (TPSA) is 298 Å². The number of hydrogen-bond acceptors (Lipinski definition) is 18. The van der Waals surface area contributed by atoms with Crippen molar-refractivity contribution in [1.82, 2.24) is 0 Å². The van der Waals surface area contributed by atoms with Gasteiger partial charge in [-0.15, -0.1) is 0 Å². The van der Waals surface area contributed by atoms with Crippen molar-refractivity contribution in [2.24, 2.45) is 0 Å². The Morgan fingerprint density at radius 2 is 1.00 bits per heavy atom. The van der Waals surface area contributed by atoms with E-state index >= 15 is 0 Å². The molecule has 0 bridgehead atoms. The van der Waals surface area contributed by atoms with Gasteiger partial charge in [0.15, 0.2) is 18.9 Å². The van der Waals surface area contributed by atoms with E-state index in [1.54, 1.807) is 0 Å². The summed E-state index contributed by atoms with van der Waals surface area (Å²) in [4.78, 5) is 0. The Labute approximate surface area is 239 Å². The lowest BCUT2D eigenvalue weighted by molar-refractivity contribution is -0.367. The minimum absolute atomic E-state index is 0.0311. The SMILES string of the molecule is C[C@@H]1O[C@H](O)[C@H](O)[C@H](O)[C@H]1O[C@@H]1CC[C@@H](O[C@H]2O[C@@H](CO)[C@H](O[C@@H]3O[C@H](CO)[C@H](O)[C@H](O)[C@@H]3O)[C@@H](O)[C@@H]2O)[C@H](O)[C@@H]1O. The zero-order chi connectivity index (χ0) is 31.0. The number of aliphatic hydroxyl groups is 12. The van der Waals surface area contributed by atoms with E-state index in [9.17, 15) is 61.3 Å². The van der Waals surface area contributed by atoms with Crippen molar-refractivity contribution in [3.63, 3.8) is 0 Å². The molecule has 4 fully saturated rings. The summed E-state index contributed by atoms with van der Waals surface area (Å²) in [5.41, 5.74) is 0. The molecule has 42 heavy (non-hydrogen) atoms. The van der Waals surface area contributed by atoms with Crippen LogP contribution in [0.4, 0.5) is 0 Å². The van der Waals surface area contributed by atoms with Crippen molar-refractivity contribution in [2.75, 3.05) is 13.2 Å². The van der Waals surface area contributed by atoms with E-state index in [1.807, 2.05) is 0 Å². The first-order valence-electron chi connectivity index (χ1n) is 13.8. The standard InChI is InChI=1S/C24H42O18/c1-6-20(15(31)17(33)22(36)37-6)38-7-2-3-8(12(28)11(7)27)39-23-19(35)16(32)21(10(5-26)41-23)42-24-18(34)14(30)13(29)9(4-25)40-24/h6-36H,2-5H2,1H3/t6-,7+,8+,9+,10-,11+,12-,13-,14-,15-,16-,17+,18-,19-,20-,21-,22-,23-,24-/m0/s1. The van der Waals surface area contributed by atoms with Gasteiger partial charge in [0, 0.05) is 0 Å². The van der Waals surface area contributed by atoms with Crippen molar-refractivity contribution < 1.29 is 89.7 Å². The van der Waals surface area contributed by atoms with Crippen LogP contribution < -0.4 is 0 Å². The third-order valence-corrected chi connectivity index (χ3v) is 8.24. The van der Waals surface area contributed by atoms with Crippen LogP contribution in [0.15, 0.2) is 0 Å². The number of ether oxygens (including phenoxy) is 6. The Balaban J connectivity index is 1.36. The fraction of sp³-hybridized carbons (Fsp3) is 1.00. The summed E-state index contributed by atoms with van der Waals surface area (Å²) in [5, 5.41) is 122. The molecule has 246 valence electrons. The van der Waals surface area contributed by atoms with Crippen LogP contribution in [0, 0.1) is 0 Å². The maximum atomic E-state index is 10.8. The Hall–Kier alpha value is -0.720. The molecule has 18 heteroatoms. The van der Waals surface area contributed by atoms with Crippen LogP contribution in [0.1, 0.15) is 19.8 Å². The van der Waals surface area contributed by atoms with Crippen LogP contribution in [-0.4, -0.2) is 191 Å². The molecule has 0 unspecified atom stereocenters. The van der Waals surface area contributed by atoms with E-state index < -0.39 is 130 Å². The lowest BCUT2D eigenvalue weighted by Gasteiger charge is -2.47. The Bertz CT molecular complexity index is 850. The van der Waals surface area contributed by atoms with Crippen LogP contribution in [0.3, 0.4) is 0 Å². The molecule has 12 N–H and O–H groups in total. The summed E-state index contributed by atoms with van der Waals surface area (Å²) in [6, 6.07) is 0. The maximum absolute atomic E-state index is 10.8. The summed E-state index contributed by atoms with van der Waals surface area (Å²) in [7, 11) is 0. The molecule has 0 radical (unpaired) electrons. The van der Waals surface area contributed by atoms with Crippen molar-refractivity contribution in [2.45, 2.75) is 136 Å². The smallest absolute Gasteiger partial charge is 0.187 e. The molecule has 3 aliphatic heterocycles. The third-order valence-electron chi connectivity index (χ3n) is 8.24. The minimum atomic E-state index is -1.84. The highest BCUT2D eigenvalue weighted by atomic mass is 16.7. The second-order valence-electron chi connectivity index (χ2n) is 11.1. The van der Waals surface area contributed by atoms with Gasteiger partial charge in [0.05, 0.1) is 31.5 Å². The van der Waals surface area contributed by atoms with Gasteiger partial charge in [-0.1, -0.05) is 0 Å². The van der Waals surface area contributed by atoms with Crippen molar-refractivity contribution in [3.05, 3.63) is 0 Å². The summed E-state index contributed by atoms with van der Waals surface area (Å²) in [6.07, 6.45) is -28.7. The van der Waals surface area contributed by atoms with Gasteiger partial charge >= 0.3 is 0 Å². The third kappa shape index (κ3) is 6.76. The number of aliphatic hydroxyl groups excluding tert-OH is 12. The van der Waals surface area contributed by atoms with Crippen LogP contribution in [0.5, 0.6) is 0 Å². The molecule has 0 aromatic rings. The Morgan fingerprint density at radius 1 is 0.500 bits per heavy atom. The van der Waals surface area contributed by atoms with Gasteiger partial charge in [-0.3, -0.25) is 0 Å². The molecule has 0 spiro atoms. The van der Waals surface area contributed by atoms with Crippen LogP contribution in [-0.2, 0) is 28.4 Å². The van der Waals surface area contributed by atoms with E-state index in [0.717, 1.165) is 0 Å². The first-order valence-corrected chi connectivity index (χ1v) is 13.8. The van der Waals surface area contributed by atoms with Crippen molar-refractivity contribution >= 4 is 0 Å². The lowest BCUT2D eigenvalue weighted by atomic mass is 9.88. The molecule has 0 aromatic heterocycles. The molecule has 3 saturated heterocycles. The highest BCUT2D eigenvalue weighted by Crippen LogP contribution is 2.34. The monoisotopic (exact) mass is 618 g/mol. The summed E-state index contributed by atoms with van der Waals surface area (Å²) >= 11 is 0. The molecule has 3 heterocycles. The van der Waals surface area contributed by atoms with Gasteiger partial charge < -0.3 is 89.7 Å². The van der Waals surface area contributed by atoms with E-state index in [4.69, 9.17) is 28.4 Å². The van der Waals surface area contributed by atoms with E-state index in [-0.39, 0.29) is 12.8 Å².